The highest BCUT2D eigenvalue weighted by Gasteiger charge is 2.17. The predicted molar refractivity (Wildman–Crippen MR) is 262 cm³/mol. The van der Waals surface area contributed by atoms with E-state index in [4.69, 9.17) is 0 Å². The Kier molecular flexibility index (Phi) is 43.1. The topological polar surface area (TPSA) is 8.81 Å². The van der Waals surface area contributed by atoms with E-state index >= 15 is 0 Å². The minimum absolute atomic E-state index is 0.684. The number of aromatic nitrogens is 2. The van der Waals surface area contributed by atoms with Gasteiger partial charge in [-0.15, -0.1) is 0 Å². The molecule has 0 bridgehead atoms. The Labute approximate surface area is 367 Å². The SMILES string of the molecule is CCCCCCCC/C=C/CCCCCCCCC(CCCCC(CCCCCCCCCCCCCC)CCCCCCCCCCCCCC)n1cc[n+](C)c1. The zero-order chi connectivity index (χ0) is 41.7. The van der Waals surface area contributed by atoms with E-state index in [2.05, 4.69) is 67.8 Å². The Hall–Kier alpha value is -1.05. The standard InChI is InChI=1S/C56H109N2/c1-5-8-11-14-17-20-23-26-27-28-29-32-35-38-41-44-50-56(58-53-52-57(4)54-58)51-46-45-49-55(47-42-39-36-33-30-24-21-18-15-12-9-6-2)48-43-40-37-34-31-25-22-19-16-13-10-7-3/h26-27,52-56H,5-25,28-51H2,1-4H3/q+1/b27-26+. The Morgan fingerprint density at radius 2 is 0.638 bits per heavy atom. The molecule has 2 heteroatoms. The molecule has 0 saturated heterocycles. The van der Waals surface area contributed by atoms with Crippen LogP contribution in [0.5, 0.6) is 0 Å². The number of rotatable bonds is 48. The normalized spacial score (nSPS) is 12.5. The molecule has 58 heavy (non-hydrogen) atoms. The van der Waals surface area contributed by atoms with E-state index in [1.54, 1.807) is 0 Å². The summed E-state index contributed by atoms with van der Waals surface area (Å²) in [5.41, 5.74) is 0. The van der Waals surface area contributed by atoms with Crippen molar-refractivity contribution in [3.05, 3.63) is 30.9 Å². The Morgan fingerprint density at radius 1 is 0.362 bits per heavy atom. The number of imidazole rings is 1. The van der Waals surface area contributed by atoms with Gasteiger partial charge in [0.15, 0.2) is 0 Å². The average molecular weight is 811 g/mol. The van der Waals surface area contributed by atoms with Gasteiger partial charge in [0.2, 0.25) is 6.33 Å². The molecule has 1 aromatic heterocycles. The van der Waals surface area contributed by atoms with Gasteiger partial charge >= 0.3 is 0 Å². The third-order valence-corrected chi connectivity index (χ3v) is 13.6. The fraction of sp³-hybridized carbons (Fsp3) is 0.911. The zero-order valence-corrected chi connectivity index (χ0v) is 40.8. The quantitative estimate of drug-likeness (QED) is 0.0352. The lowest BCUT2D eigenvalue weighted by atomic mass is 9.89. The van der Waals surface area contributed by atoms with E-state index in [1.165, 1.54) is 289 Å². The van der Waals surface area contributed by atoms with Gasteiger partial charge in [0.1, 0.15) is 18.4 Å². The molecule has 0 spiro atoms. The van der Waals surface area contributed by atoms with Crippen molar-refractivity contribution in [2.24, 2.45) is 13.0 Å². The minimum atomic E-state index is 0.684. The first-order chi connectivity index (χ1) is 28.7. The molecule has 0 aliphatic rings. The molecule has 0 fully saturated rings. The van der Waals surface area contributed by atoms with Crippen LogP contribution in [0.15, 0.2) is 30.9 Å². The molecule has 0 aliphatic carbocycles. The molecule has 0 radical (unpaired) electrons. The number of hydrogen-bond donors (Lipinski definition) is 0. The van der Waals surface area contributed by atoms with Crippen molar-refractivity contribution in [3.8, 4) is 0 Å². The van der Waals surface area contributed by atoms with Crippen LogP contribution in [0.4, 0.5) is 0 Å². The van der Waals surface area contributed by atoms with Crippen molar-refractivity contribution < 1.29 is 4.57 Å². The zero-order valence-electron chi connectivity index (χ0n) is 40.8. The van der Waals surface area contributed by atoms with Gasteiger partial charge in [-0.25, -0.2) is 9.13 Å². The molecule has 1 heterocycles. The van der Waals surface area contributed by atoms with Crippen LogP contribution in [0.2, 0.25) is 0 Å². The number of hydrogen-bond acceptors (Lipinski definition) is 0. The van der Waals surface area contributed by atoms with Crippen LogP contribution in [0.25, 0.3) is 0 Å². The van der Waals surface area contributed by atoms with E-state index in [0.717, 1.165) is 5.92 Å². The third kappa shape index (κ3) is 37.9. The van der Waals surface area contributed by atoms with E-state index < -0.39 is 0 Å². The molecule has 0 amide bonds. The van der Waals surface area contributed by atoms with Gasteiger partial charge < -0.3 is 0 Å². The first kappa shape index (κ1) is 55.0. The summed E-state index contributed by atoms with van der Waals surface area (Å²) in [4.78, 5) is 0. The lowest BCUT2D eigenvalue weighted by Gasteiger charge is -2.18. The first-order valence-corrected chi connectivity index (χ1v) is 27.4. The molecule has 1 aromatic rings. The molecule has 1 atom stereocenters. The second-order valence-corrected chi connectivity index (χ2v) is 19.4. The highest BCUT2D eigenvalue weighted by molar-refractivity contribution is 4.81. The second-order valence-electron chi connectivity index (χ2n) is 19.4. The Morgan fingerprint density at radius 3 is 0.966 bits per heavy atom. The van der Waals surface area contributed by atoms with E-state index in [0.29, 0.717) is 6.04 Å². The van der Waals surface area contributed by atoms with Crippen molar-refractivity contribution in [2.75, 3.05) is 0 Å². The van der Waals surface area contributed by atoms with E-state index in [9.17, 15) is 0 Å². The van der Waals surface area contributed by atoms with Gasteiger partial charge in [-0.2, -0.15) is 0 Å². The van der Waals surface area contributed by atoms with Crippen molar-refractivity contribution in [2.45, 2.75) is 316 Å². The van der Waals surface area contributed by atoms with Crippen molar-refractivity contribution in [1.82, 2.24) is 4.57 Å². The molecular weight excluding hydrogens is 701 g/mol. The molecule has 0 N–H and O–H groups in total. The highest BCUT2D eigenvalue weighted by atomic mass is 15.1. The smallest absolute Gasteiger partial charge is 0.240 e. The Bertz CT molecular complexity index is 903. The summed E-state index contributed by atoms with van der Waals surface area (Å²) in [6.07, 6.45) is 76.6. The molecule has 1 rings (SSSR count). The monoisotopic (exact) mass is 810 g/mol. The van der Waals surface area contributed by atoms with Gasteiger partial charge in [0.25, 0.3) is 0 Å². The van der Waals surface area contributed by atoms with Gasteiger partial charge in [-0.05, 0) is 57.3 Å². The first-order valence-electron chi connectivity index (χ1n) is 27.4. The number of allylic oxidation sites excluding steroid dienone is 2. The maximum Gasteiger partial charge on any atom is 0.243 e. The summed E-state index contributed by atoms with van der Waals surface area (Å²) in [6.45, 7) is 6.95. The van der Waals surface area contributed by atoms with Gasteiger partial charge in [0.05, 0.1) is 7.05 Å². The van der Waals surface area contributed by atoms with Crippen LogP contribution in [-0.4, -0.2) is 4.57 Å². The van der Waals surface area contributed by atoms with Crippen LogP contribution in [0, 0.1) is 5.92 Å². The largest absolute Gasteiger partial charge is 0.243 e. The number of unbranched alkanes of at least 4 members (excludes halogenated alkanes) is 35. The van der Waals surface area contributed by atoms with Gasteiger partial charge in [-0.1, -0.05) is 270 Å². The maximum atomic E-state index is 2.55. The lowest BCUT2D eigenvalue weighted by Crippen LogP contribution is -2.24. The Balaban J connectivity index is 2.34. The molecular formula is C56H109N2+. The van der Waals surface area contributed by atoms with Crippen molar-refractivity contribution in [1.29, 1.82) is 0 Å². The van der Waals surface area contributed by atoms with Crippen LogP contribution < -0.4 is 4.57 Å². The highest BCUT2D eigenvalue weighted by Crippen LogP contribution is 2.28. The summed E-state index contributed by atoms with van der Waals surface area (Å²) in [5.74, 6) is 0.977. The number of aryl methyl sites for hydroxylation is 1. The van der Waals surface area contributed by atoms with Crippen molar-refractivity contribution in [3.63, 3.8) is 0 Å². The van der Waals surface area contributed by atoms with E-state index in [-0.39, 0.29) is 0 Å². The fourth-order valence-electron chi connectivity index (χ4n) is 9.55. The van der Waals surface area contributed by atoms with Crippen LogP contribution >= 0.6 is 0 Å². The molecule has 2 nitrogen and oxygen atoms in total. The number of nitrogens with zero attached hydrogens (tertiary/aromatic N) is 2. The van der Waals surface area contributed by atoms with Crippen LogP contribution in [0.3, 0.4) is 0 Å². The molecule has 0 aliphatic heterocycles. The summed E-state index contributed by atoms with van der Waals surface area (Å²) in [5, 5.41) is 0. The summed E-state index contributed by atoms with van der Waals surface area (Å²) < 4.78 is 4.79. The van der Waals surface area contributed by atoms with Crippen LogP contribution in [-0.2, 0) is 7.05 Å². The summed E-state index contributed by atoms with van der Waals surface area (Å²) in [6, 6.07) is 0.684. The predicted octanol–water partition coefficient (Wildman–Crippen LogP) is 19.6. The summed E-state index contributed by atoms with van der Waals surface area (Å²) in [7, 11) is 2.19. The molecule has 0 aromatic carbocycles. The van der Waals surface area contributed by atoms with Gasteiger partial charge in [-0.3, -0.25) is 0 Å². The maximum absolute atomic E-state index is 2.55. The minimum Gasteiger partial charge on any atom is -0.240 e. The second kappa shape index (κ2) is 45.5. The third-order valence-electron chi connectivity index (χ3n) is 13.6. The average Bonchev–Trinajstić information content (AvgIpc) is 3.67. The molecule has 1 unspecified atom stereocenters. The molecule has 342 valence electrons. The van der Waals surface area contributed by atoms with Crippen LogP contribution in [0.1, 0.15) is 316 Å². The van der Waals surface area contributed by atoms with Gasteiger partial charge in [0, 0.05) is 0 Å². The summed E-state index contributed by atoms with van der Waals surface area (Å²) >= 11 is 0. The van der Waals surface area contributed by atoms with E-state index in [1.807, 2.05) is 0 Å². The molecule has 0 saturated carbocycles. The fourth-order valence-corrected chi connectivity index (χ4v) is 9.55. The lowest BCUT2D eigenvalue weighted by molar-refractivity contribution is -0.671. The van der Waals surface area contributed by atoms with Crippen molar-refractivity contribution >= 4 is 0 Å².